The highest BCUT2D eigenvalue weighted by Crippen LogP contribution is 2.11. The second-order valence-electron chi connectivity index (χ2n) is 3.16. The Morgan fingerprint density at radius 2 is 1.33 bits per heavy atom. The lowest BCUT2D eigenvalue weighted by molar-refractivity contribution is 0.602. The van der Waals surface area contributed by atoms with E-state index in [4.69, 9.17) is 4.43 Å². The molecule has 0 fully saturated rings. The highest BCUT2D eigenvalue weighted by Gasteiger charge is 2.10. The third kappa shape index (κ3) is 3.07. The Morgan fingerprint density at radius 1 is 0.800 bits per heavy atom. The van der Waals surface area contributed by atoms with Gasteiger partial charge in [0.2, 0.25) is 0 Å². The summed E-state index contributed by atoms with van der Waals surface area (Å²) in [5.41, 5.74) is 0. The van der Waals surface area contributed by atoms with Crippen molar-refractivity contribution in [1.82, 2.24) is 0 Å². The minimum atomic E-state index is -1.32. The van der Waals surface area contributed by atoms with E-state index < -0.39 is 6.54 Å². The van der Waals surface area contributed by atoms with E-state index in [1.165, 1.54) is 5.19 Å². The summed E-state index contributed by atoms with van der Waals surface area (Å²) in [4.78, 5) is 0. The lowest BCUT2D eigenvalue weighted by Gasteiger charge is -2.11. The van der Waals surface area contributed by atoms with Crippen LogP contribution in [0.3, 0.4) is 0 Å². The zero-order valence-electron chi connectivity index (χ0n) is 8.14. The van der Waals surface area contributed by atoms with E-state index in [1.807, 2.05) is 36.4 Å². The van der Waals surface area contributed by atoms with Gasteiger partial charge in [0, 0.05) is 0 Å². The van der Waals surface area contributed by atoms with Gasteiger partial charge in [0.15, 0.2) is 0 Å². The molecule has 1 unspecified atom stereocenters. The van der Waals surface area contributed by atoms with Gasteiger partial charge in [0.1, 0.15) is 5.75 Å². The van der Waals surface area contributed by atoms with E-state index in [-0.39, 0.29) is 0 Å². The number of para-hydroxylation sites is 1. The fraction of sp³-hybridized carbons (Fsp3) is 0. The predicted molar refractivity (Wildman–Crippen MR) is 74.3 cm³/mol. The Bertz CT molecular complexity index is 404. The van der Waals surface area contributed by atoms with Crippen molar-refractivity contribution in [2.24, 2.45) is 0 Å². The molecule has 0 bridgehead atoms. The van der Waals surface area contributed by atoms with E-state index in [0.717, 1.165) is 5.75 Å². The molecule has 76 valence electrons. The van der Waals surface area contributed by atoms with Gasteiger partial charge in [-0.1, -0.05) is 70.3 Å². The SMILES string of the molecule is I[SiH](Oc1ccccc1)c1ccccc1. The summed E-state index contributed by atoms with van der Waals surface area (Å²) < 4.78 is 5.93. The van der Waals surface area contributed by atoms with Gasteiger partial charge in [-0.25, -0.2) is 0 Å². The molecule has 1 nitrogen and oxygen atoms in total. The molecule has 0 saturated heterocycles. The smallest absolute Gasteiger partial charge is 0.332 e. The molecule has 0 amide bonds. The van der Waals surface area contributed by atoms with Crippen LogP contribution in [-0.2, 0) is 0 Å². The first-order chi connectivity index (χ1) is 7.36. The number of rotatable bonds is 3. The van der Waals surface area contributed by atoms with Crippen molar-refractivity contribution in [3.8, 4) is 5.75 Å². The molecule has 0 N–H and O–H groups in total. The molecule has 2 rings (SSSR count). The molecule has 0 heterocycles. The molecule has 0 aliphatic rings. The van der Waals surface area contributed by atoms with Crippen molar-refractivity contribution in [2.45, 2.75) is 0 Å². The molecule has 0 radical (unpaired) electrons. The molecule has 0 saturated carbocycles. The fourth-order valence-electron chi connectivity index (χ4n) is 1.29. The largest absolute Gasteiger partial charge is 0.532 e. The lowest BCUT2D eigenvalue weighted by atomic mass is 10.3. The number of benzene rings is 2. The van der Waals surface area contributed by atoms with Crippen LogP contribution < -0.4 is 9.61 Å². The second kappa shape index (κ2) is 5.32. The minimum Gasteiger partial charge on any atom is -0.532 e. The van der Waals surface area contributed by atoms with Gasteiger partial charge in [0.05, 0.1) is 0 Å². The molecular weight excluding hydrogens is 315 g/mol. The second-order valence-corrected chi connectivity index (χ2v) is 8.09. The molecule has 15 heavy (non-hydrogen) atoms. The van der Waals surface area contributed by atoms with E-state index in [9.17, 15) is 0 Å². The molecule has 0 aliphatic carbocycles. The molecule has 0 aromatic heterocycles. The number of hydrogen-bond donors (Lipinski definition) is 0. The zero-order valence-corrected chi connectivity index (χ0v) is 11.4. The average molecular weight is 326 g/mol. The van der Waals surface area contributed by atoms with Crippen LogP contribution >= 0.6 is 21.8 Å². The van der Waals surface area contributed by atoms with Gasteiger partial charge < -0.3 is 4.43 Å². The van der Waals surface area contributed by atoms with Gasteiger partial charge in [-0.3, -0.25) is 0 Å². The summed E-state index contributed by atoms with van der Waals surface area (Å²) in [6.07, 6.45) is 0. The Labute approximate surface area is 104 Å². The van der Waals surface area contributed by atoms with Crippen molar-refractivity contribution in [3.05, 3.63) is 60.7 Å². The van der Waals surface area contributed by atoms with Crippen LogP contribution in [-0.4, -0.2) is 6.54 Å². The maximum absolute atomic E-state index is 5.93. The van der Waals surface area contributed by atoms with Crippen molar-refractivity contribution in [1.29, 1.82) is 0 Å². The maximum Gasteiger partial charge on any atom is 0.332 e. The highest BCUT2D eigenvalue weighted by atomic mass is 127. The third-order valence-electron chi connectivity index (χ3n) is 2.04. The topological polar surface area (TPSA) is 9.23 Å². The number of halogens is 1. The Morgan fingerprint density at radius 3 is 1.93 bits per heavy atom. The standard InChI is InChI=1S/C12H11IOSi/c13-15(12-9-5-2-6-10-12)14-11-7-3-1-4-8-11/h1-10,15H. The van der Waals surface area contributed by atoms with Gasteiger partial charge in [0.25, 0.3) is 0 Å². The van der Waals surface area contributed by atoms with Crippen LogP contribution in [0.5, 0.6) is 5.75 Å². The zero-order chi connectivity index (χ0) is 10.5. The van der Waals surface area contributed by atoms with Gasteiger partial charge >= 0.3 is 6.54 Å². The predicted octanol–water partition coefficient (Wildman–Crippen LogP) is 2.63. The highest BCUT2D eigenvalue weighted by molar-refractivity contribution is 14.1. The molecule has 2 aromatic rings. The first-order valence-corrected chi connectivity index (χ1v) is 9.99. The van der Waals surface area contributed by atoms with Gasteiger partial charge in [-0.15, -0.1) is 0 Å². The van der Waals surface area contributed by atoms with Crippen LogP contribution in [0.2, 0.25) is 0 Å². The fourth-order valence-corrected chi connectivity index (χ4v) is 4.47. The quantitative estimate of drug-likeness (QED) is 0.479. The Hall–Kier alpha value is -0.813. The first-order valence-electron chi connectivity index (χ1n) is 4.77. The van der Waals surface area contributed by atoms with Crippen molar-refractivity contribution < 1.29 is 4.43 Å². The maximum atomic E-state index is 5.93. The van der Waals surface area contributed by atoms with E-state index >= 15 is 0 Å². The van der Waals surface area contributed by atoms with Crippen molar-refractivity contribution in [2.75, 3.05) is 0 Å². The van der Waals surface area contributed by atoms with Crippen LogP contribution in [0.4, 0.5) is 0 Å². The van der Waals surface area contributed by atoms with Gasteiger partial charge in [-0.05, 0) is 17.3 Å². The van der Waals surface area contributed by atoms with E-state index in [0.29, 0.717) is 0 Å². The van der Waals surface area contributed by atoms with Crippen LogP contribution in [0.1, 0.15) is 0 Å². The molecular formula is C12H11IOSi. The summed E-state index contributed by atoms with van der Waals surface area (Å²) in [6.45, 7) is -1.32. The molecule has 0 spiro atoms. The summed E-state index contributed by atoms with van der Waals surface area (Å²) in [5, 5.41) is 1.32. The van der Waals surface area contributed by atoms with E-state index in [2.05, 4.69) is 46.1 Å². The first kappa shape index (κ1) is 10.7. The van der Waals surface area contributed by atoms with Crippen LogP contribution in [0.25, 0.3) is 0 Å². The van der Waals surface area contributed by atoms with E-state index in [1.54, 1.807) is 0 Å². The normalized spacial score (nSPS) is 12.1. The Balaban J connectivity index is 2.08. The van der Waals surface area contributed by atoms with Crippen molar-refractivity contribution in [3.63, 3.8) is 0 Å². The summed E-state index contributed by atoms with van der Waals surface area (Å²) in [6, 6.07) is 20.4. The molecule has 3 heteroatoms. The summed E-state index contributed by atoms with van der Waals surface area (Å²) in [7, 11) is 0. The molecule has 1 atom stereocenters. The molecule has 2 aromatic carbocycles. The summed E-state index contributed by atoms with van der Waals surface area (Å²) in [5.74, 6) is 0.965. The Kier molecular flexibility index (Phi) is 3.79. The minimum absolute atomic E-state index is 0.965. The monoisotopic (exact) mass is 326 g/mol. The molecule has 0 aliphatic heterocycles. The van der Waals surface area contributed by atoms with Crippen molar-refractivity contribution >= 4 is 33.5 Å². The van der Waals surface area contributed by atoms with Crippen LogP contribution in [0, 0.1) is 0 Å². The van der Waals surface area contributed by atoms with Gasteiger partial charge in [-0.2, -0.15) is 0 Å². The lowest BCUT2D eigenvalue weighted by Crippen LogP contribution is -2.29. The third-order valence-corrected chi connectivity index (χ3v) is 6.35. The summed E-state index contributed by atoms with van der Waals surface area (Å²) >= 11 is 2.43. The van der Waals surface area contributed by atoms with Crippen LogP contribution in [0.15, 0.2) is 60.7 Å². The number of hydrogen-bond acceptors (Lipinski definition) is 1. The average Bonchev–Trinajstić information content (AvgIpc) is 2.31.